The zero-order valence-corrected chi connectivity index (χ0v) is 15.5. The van der Waals surface area contributed by atoms with Crippen molar-refractivity contribution < 1.29 is 14.3 Å². The Morgan fingerprint density at radius 3 is 2.92 bits per heavy atom. The van der Waals surface area contributed by atoms with E-state index in [2.05, 4.69) is 26.1 Å². The highest BCUT2D eigenvalue weighted by Gasteiger charge is 2.39. The monoisotopic (exact) mass is 394 g/mol. The van der Waals surface area contributed by atoms with E-state index in [9.17, 15) is 4.79 Å². The lowest BCUT2D eigenvalue weighted by molar-refractivity contribution is -0.0358. The van der Waals surface area contributed by atoms with Gasteiger partial charge in [-0.1, -0.05) is 22.0 Å². The molecule has 1 N–H and O–H groups in total. The quantitative estimate of drug-likeness (QED) is 0.835. The fraction of sp³-hybridized carbons (Fsp3) is 0.611. The van der Waals surface area contributed by atoms with Crippen molar-refractivity contribution in [3.63, 3.8) is 0 Å². The molecule has 6 heteroatoms. The topological polar surface area (TPSA) is 50.8 Å². The van der Waals surface area contributed by atoms with E-state index in [4.69, 9.17) is 9.47 Å². The first-order chi connectivity index (χ1) is 11.5. The summed E-state index contributed by atoms with van der Waals surface area (Å²) >= 11 is 3.47. The van der Waals surface area contributed by atoms with E-state index in [-0.39, 0.29) is 12.2 Å². The van der Waals surface area contributed by atoms with Gasteiger partial charge in [-0.2, -0.15) is 0 Å². The van der Waals surface area contributed by atoms with Crippen LogP contribution in [0.1, 0.15) is 31.7 Å². The van der Waals surface area contributed by atoms with Crippen LogP contribution in [0.3, 0.4) is 0 Å². The number of piperidine rings is 3. The number of carbonyl (C=O) groups is 1. The van der Waals surface area contributed by atoms with Gasteiger partial charge in [0.05, 0.1) is 12.1 Å². The predicted octanol–water partition coefficient (Wildman–Crippen LogP) is 3.27. The van der Waals surface area contributed by atoms with Crippen LogP contribution in [0.2, 0.25) is 0 Å². The first-order valence-electron chi connectivity index (χ1n) is 8.67. The summed E-state index contributed by atoms with van der Waals surface area (Å²) in [6.45, 7) is 5.79. The molecule has 0 aromatic heterocycles. The number of rotatable bonds is 2. The van der Waals surface area contributed by atoms with Crippen LogP contribution in [-0.4, -0.2) is 43.3 Å². The van der Waals surface area contributed by atoms with Crippen molar-refractivity contribution in [2.75, 3.05) is 26.2 Å². The molecule has 5 rings (SSSR count). The van der Waals surface area contributed by atoms with E-state index in [0.717, 1.165) is 54.7 Å². The maximum atomic E-state index is 12.5. The number of carbonyl (C=O) groups excluding carboxylic acids is 1. The Balaban J connectivity index is 1.46. The van der Waals surface area contributed by atoms with Crippen LogP contribution < -0.4 is 10.1 Å². The molecule has 1 unspecified atom stereocenters. The second-order valence-corrected chi connectivity index (χ2v) is 8.19. The van der Waals surface area contributed by atoms with Gasteiger partial charge in [-0.25, -0.2) is 4.79 Å². The molecular weight excluding hydrogens is 372 g/mol. The first-order valence-corrected chi connectivity index (χ1v) is 9.47. The summed E-state index contributed by atoms with van der Waals surface area (Å²) in [7, 11) is 0. The van der Waals surface area contributed by atoms with Gasteiger partial charge in [0.15, 0.2) is 0 Å². The maximum absolute atomic E-state index is 12.5. The minimum atomic E-state index is -0.459. The molecule has 4 aliphatic heterocycles. The molecule has 4 heterocycles. The van der Waals surface area contributed by atoms with Crippen molar-refractivity contribution in [3.8, 4) is 5.75 Å². The van der Waals surface area contributed by atoms with Crippen LogP contribution >= 0.6 is 15.9 Å². The second kappa shape index (κ2) is 6.23. The second-order valence-electron chi connectivity index (χ2n) is 7.28. The van der Waals surface area contributed by atoms with E-state index in [0.29, 0.717) is 12.5 Å². The molecule has 3 fully saturated rings. The number of nitrogens with one attached hydrogen (secondary N) is 1. The van der Waals surface area contributed by atoms with Gasteiger partial charge < -0.3 is 14.8 Å². The number of nitrogens with zero attached hydrogens (tertiary/aromatic N) is 1. The molecule has 1 aromatic carbocycles. The van der Waals surface area contributed by atoms with Crippen LogP contribution in [0, 0.1) is 5.92 Å². The third-order valence-corrected chi connectivity index (χ3v) is 6.12. The van der Waals surface area contributed by atoms with Gasteiger partial charge in [0.25, 0.3) is 0 Å². The molecule has 1 aromatic rings. The number of halogens is 1. The van der Waals surface area contributed by atoms with Crippen LogP contribution in [0.5, 0.6) is 5.75 Å². The van der Waals surface area contributed by atoms with Crippen molar-refractivity contribution in [2.45, 2.75) is 37.8 Å². The summed E-state index contributed by atoms with van der Waals surface area (Å²) in [5, 5.41) is 3.10. The maximum Gasteiger partial charge on any atom is 0.408 e. The Bertz CT molecular complexity index is 645. The van der Waals surface area contributed by atoms with Gasteiger partial charge in [0, 0.05) is 23.0 Å². The van der Waals surface area contributed by atoms with Crippen LogP contribution in [0.15, 0.2) is 22.7 Å². The number of hydrogen-bond acceptors (Lipinski definition) is 4. The normalized spacial score (nSPS) is 34.2. The number of amides is 1. The summed E-state index contributed by atoms with van der Waals surface area (Å²) in [6, 6.07) is 5.94. The summed E-state index contributed by atoms with van der Waals surface area (Å²) in [4.78, 5) is 14.9. The van der Waals surface area contributed by atoms with E-state index >= 15 is 0 Å². The Kier molecular flexibility index (Phi) is 4.21. The van der Waals surface area contributed by atoms with E-state index < -0.39 is 5.54 Å². The third-order valence-electron chi connectivity index (χ3n) is 5.63. The van der Waals surface area contributed by atoms with Gasteiger partial charge in [0.2, 0.25) is 0 Å². The Morgan fingerprint density at radius 1 is 1.42 bits per heavy atom. The SMILES string of the molecule is CC1(NC(=O)O[C@@H]2CN3CCC2CC3)CCOc2cc(Br)ccc21. The average Bonchev–Trinajstić information content (AvgIpc) is 2.55. The van der Waals surface area contributed by atoms with E-state index in [1.807, 2.05) is 25.1 Å². The fourth-order valence-electron chi connectivity index (χ4n) is 4.14. The van der Waals surface area contributed by atoms with Gasteiger partial charge >= 0.3 is 6.09 Å². The van der Waals surface area contributed by atoms with Gasteiger partial charge in [-0.15, -0.1) is 0 Å². The van der Waals surface area contributed by atoms with Gasteiger partial charge in [-0.05, 0) is 50.9 Å². The molecule has 0 spiro atoms. The van der Waals surface area contributed by atoms with Gasteiger partial charge in [-0.3, -0.25) is 4.90 Å². The lowest BCUT2D eigenvalue weighted by Gasteiger charge is -2.44. The van der Waals surface area contributed by atoms with Crippen LogP contribution in [0.25, 0.3) is 0 Å². The lowest BCUT2D eigenvalue weighted by atomic mass is 9.85. The fourth-order valence-corrected chi connectivity index (χ4v) is 4.48. The smallest absolute Gasteiger partial charge is 0.408 e. The van der Waals surface area contributed by atoms with Crippen molar-refractivity contribution in [2.24, 2.45) is 5.92 Å². The summed E-state index contributed by atoms with van der Waals surface area (Å²) in [6.07, 6.45) is 2.73. The third kappa shape index (κ3) is 3.02. The minimum Gasteiger partial charge on any atom is -0.493 e. The zero-order valence-electron chi connectivity index (χ0n) is 13.9. The molecule has 0 radical (unpaired) electrons. The minimum absolute atomic E-state index is 0.0281. The number of hydrogen-bond donors (Lipinski definition) is 1. The first kappa shape index (κ1) is 16.2. The molecule has 0 saturated carbocycles. The highest BCUT2D eigenvalue weighted by Crippen LogP contribution is 2.38. The number of fused-ring (bicyclic) bond motifs is 4. The van der Waals surface area contributed by atoms with Crippen molar-refractivity contribution in [1.82, 2.24) is 10.2 Å². The highest BCUT2D eigenvalue weighted by molar-refractivity contribution is 9.10. The molecule has 3 saturated heterocycles. The summed E-state index contributed by atoms with van der Waals surface area (Å²) in [5.74, 6) is 1.34. The zero-order chi connectivity index (χ0) is 16.7. The summed E-state index contributed by atoms with van der Waals surface area (Å²) in [5.41, 5.74) is 0.544. The Morgan fingerprint density at radius 2 is 2.21 bits per heavy atom. The average molecular weight is 395 g/mol. The molecule has 2 atom stereocenters. The number of alkyl carbamates (subject to hydrolysis) is 1. The van der Waals surface area contributed by atoms with Crippen LogP contribution in [0.4, 0.5) is 4.79 Å². The molecule has 1 amide bonds. The number of benzene rings is 1. The largest absolute Gasteiger partial charge is 0.493 e. The van der Waals surface area contributed by atoms with Crippen LogP contribution in [-0.2, 0) is 10.3 Å². The highest BCUT2D eigenvalue weighted by atomic mass is 79.9. The standard InChI is InChI=1S/C18H23BrN2O3/c1-18(6-9-23-15-10-13(19)2-3-14(15)18)20-17(22)24-16-11-21-7-4-12(16)5-8-21/h2-3,10,12,16H,4-9,11H2,1H3,(H,20,22)/t16-,18?/m1/s1. The van der Waals surface area contributed by atoms with Crippen molar-refractivity contribution >= 4 is 22.0 Å². The van der Waals surface area contributed by atoms with Gasteiger partial charge in [0.1, 0.15) is 11.9 Å². The summed E-state index contributed by atoms with van der Waals surface area (Å²) < 4.78 is 12.5. The molecule has 2 bridgehead atoms. The molecule has 0 aliphatic carbocycles. The van der Waals surface area contributed by atoms with E-state index in [1.54, 1.807) is 0 Å². The van der Waals surface area contributed by atoms with Crippen molar-refractivity contribution in [3.05, 3.63) is 28.2 Å². The van der Waals surface area contributed by atoms with Crippen molar-refractivity contribution in [1.29, 1.82) is 0 Å². The molecule has 4 aliphatic rings. The molecule has 130 valence electrons. The lowest BCUT2D eigenvalue weighted by Crippen LogP contribution is -2.54. The number of ether oxygens (including phenoxy) is 2. The molecular formula is C18H23BrN2O3. The van der Waals surface area contributed by atoms with E-state index in [1.165, 1.54) is 0 Å². The predicted molar refractivity (Wildman–Crippen MR) is 94.2 cm³/mol. The Labute approximate surface area is 150 Å². The molecule has 5 nitrogen and oxygen atoms in total. The Hall–Kier alpha value is -1.27. The molecule has 24 heavy (non-hydrogen) atoms.